The summed E-state index contributed by atoms with van der Waals surface area (Å²) in [5, 5.41) is 7.08. The largest absolute Gasteiger partial charge is 0.354 e. The first kappa shape index (κ1) is 15.1. The fourth-order valence-corrected chi connectivity index (χ4v) is 3.80. The number of hydrogen-bond acceptors (Lipinski definition) is 4. The standard InChI is InChI=1S/C14H27N3OS/c18-14(12-19-13-4-6-15-7-5-13)16-8-11-17-9-2-1-3-10-17/h13,15H,1-12H2,(H,16,18). The third-order valence-electron chi connectivity index (χ3n) is 3.94. The van der Waals surface area contributed by atoms with E-state index in [1.807, 2.05) is 11.8 Å². The first-order valence-corrected chi connectivity index (χ1v) is 8.71. The van der Waals surface area contributed by atoms with Crippen LogP contribution in [0.5, 0.6) is 0 Å². The molecule has 2 fully saturated rings. The van der Waals surface area contributed by atoms with Crippen molar-refractivity contribution in [3.05, 3.63) is 0 Å². The van der Waals surface area contributed by atoms with Gasteiger partial charge in [0.1, 0.15) is 0 Å². The SMILES string of the molecule is O=C(CSC1CCNCC1)NCCN1CCCCC1. The highest BCUT2D eigenvalue weighted by Gasteiger charge is 2.15. The van der Waals surface area contributed by atoms with Crippen molar-refractivity contribution in [3.63, 3.8) is 0 Å². The van der Waals surface area contributed by atoms with E-state index in [9.17, 15) is 4.79 Å². The van der Waals surface area contributed by atoms with E-state index in [1.54, 1.807) is 0 Å². The number of piperidine rings is 2. The highest BCUT2D eigenvalue weighted by molar-refractivity contribution is 8.00. The summed E-state index contributed by atoms with van der Waals surface area (Å²) in [6.07, 6.45) is 6.41. The van der Waals surface area contributed by atoms with Gasteiger partial charge >= 0.3 is 0 Å². The van der Waals surface area contributed by atoms with Crippen molar-refractivity contribution in [2.24, 2.45) is 0 Å². The maximum Gasteiger partial charge on any atom is 0.230 e. The fraction of sp³-hybridized carbons (Fsp3) is 0.929. The predicted molar refractivity (Wildman–Crippen MR) is 81.7 cm³/mol. The summed E-state index contributed by atoms with van der Waals surface area (Å²) in [6.45, 7) is 6.46. The first-order chi connectivity index (χ1) is 9.34. The van der Waals surface area contributed by atoms with Crippen molar-refractivity contribution in [2.45, 2.75) is 37.4 Å². The Kier molecular flexibility index (Phi) is 7.03. The van der Waals surface area contributed by atoms with Crippen LogP contribution in [0.3, 0.4) is 0 Å². The summed E-state index contributed by atoms with van der Waals surface area (Å²) >= 11 is 1.83. The van der Waals surface area contributed by atoms with Gasteiger partial charge in [-0.3, -0.25) is 4.79 Å². The van der Waals surface area contributed by atoms with Gasteiger partial charge in [-0.2, -0.15) is 0 Å². The molecule has 0 radical (unpaired) electrons. The Morgan fingerprint density at radius 2 is 1.95 bits per heavy atom. The van der Waals surface area contributed by atoms with Gasteiger partial charge in [-0.25, -0.2) is 0 Å². The molecule has 0 aromatic heterocycles. The molecule has 4 nitrogen and oxygen atoms in total. The van der Waals surface area contributed by atoms with Crippen molar-refractivity contribution in [1.82, 2.24) is 15.5 Å². The van der Waals surface area contributed by atoms with Crippen LogP contribution in [0.2, 0.25) is 0 Å². The van der Waals surface area contributed by atoms with Crippen molar-refractivity contribution < 1.29 is 4.79 Å². The van der Waals surface area contributed by atoms with E-state index in [1.165, 1.54) is 45.2 Å². The summed E-state index contributed by atoms with van der Waals surface area (Å²) in [7, 11) is 0. The molecule has 2 rings (SSSR count). The monoisotopic (exact) mass is 285 g/mol. The second-order valence-corrected chi connectivity index (χ2v) is 6.80. The van der Waals surface area contributed by atoms with Gasteiger partial charge in [-0.1, -0.05) is 6.42 Å². The van der Waals surface area contributed by atoms with Gasteiger partial charge in [0.05, 0.1) is 5.75 Å². The molecule has 2 saturated heterocycles. The first-order valence-electron chi connectivity index (χ1n) is 7.66. The van der Waals surface area contributed by atoms with Crippen LogP contribution in [0.4, 0.5) is 0 Å². The summed E-state index contributed by atoms with van der Waals surface area (Å²) in [6, 6.07) is 0. The maximum atomic E-state index is 11.8. The number of carbonyl (C=O) groups is 1. The molecule has 19 heavy (non-hydrogen) atoms. The molecule has 0 saturated carbocycles. The van der Waals surface area contributed by atoms with Crippen LogP contribution in [0.25, 0.3) is 0 Å². The number of hydrogen-bond donors (Lipinski definition) is 2. The summed E-state index contributed by atoms with van der Waals surface area (Å²) < 4.78 is 0. The number of likely N-dealkylation sites (tertiary alicyclic amines) is 1. The zero-order valence-corrected chi connectivity index (χ0v) is 12.6. The molecule has 0 atom stereocenters. The van der Waals surface area contributed by atoms with Gasteiger partial charge < -0.3 is 15.5 Å². The van der Waals surface area contributed by atoms with Crippen LogP contribution in [0.15, 0.2) is 0 Å². The van der Waals surface area contributed by atoms with Gasteiger partial charge in [-0.15, -0.1) is 11.8 Å². The zero-order valence-electron chi connectivity index (χ0n) is 11.8. The van der Waals surface area contributed by atoms with E-state index in [0.29, 0.717) is 11.0 Å². The summed E-state index contributed by atoms with van der Waals surface area (Å²) in [4.78, 5) is 14.2. The minimum absolute atomic E-state index is 0.209. The molecule has 0 unspecified atom stereocenters. The Bertz CT molecular complexity index is 263. The van der Waals surface area contributed by atoms with E-state index < -0.39 is 0 Å². The second kappa shape index (κ2) is 8.82. The van der Waals surface area contributed by atoms with E-state index in [0.717, 1.165) is 26.2 Å². The van der Waals surface area contributed by atoms with Gasteiger partial charge in [0.25, 0.3) is 0 Å². The maximum absolute atomic E-state index is 11.8. The molecule has 2 aliphatic heterocycles. The average Bonchev–Trinajstić information content (AvgIpc) is 2.47. The summed E-state index contributed by atoms with van der Waals surface area (Å²) in [5.74, 6) is 0.838. The van der Waals surface area contributed by atoms with Crippen molar-refractivity contribution in [2.75, 3.05) is 45.0 Å². The van der Waals surface area contributed by atoms with Gasteiger partial charge in [0.15, 0.2) is 0 Å². The minimum atomic E-state index is 0.209. The lowest BCUT2D eigenvalue weighted by Gasteiger charge is -2.26. The summed E-state index contributed by atoms with van der Waals surface area (Å²) in [5.41, 5.74) is 0. The lowest BCUT2D eigenvalue weighted by atomic mass is 10.1. The third-order valence-corrected chi connectivity index (χ3v) is 5.31. The number of nitrogens with one attached hydrogen (secondary N) is 2. The molecule has 2 aliphatic rings. The third kappa shape index (κ3) is 6.15. The van der Waals surface area contributed by atoms with Gasteiger partial charge in [-0.05, 0) is 51.9 Å². The number of thioether (sulfide) groups is 1. The number of amides is 1. The number of nitrogens with zero attached hydrogens (tertiary/aromatic N) is 1. The highest BCUT2D eigenvalue weighted by atomic mass is 32.2. The molecule has 0 bridgehead atoms. The molecule has 0 spiro atoms. The Morgan fingerprint density at radius 3 is 2.68 bits per heavy atom. The lowest BCUT2D eigenvalue weighted by molar-refractivity contribution is -0.118. The smallest absolute Gasteiger partial charge is 0.230 e. The molecule has 0 aromatic carbocycles. The lowest BCUT2D eigenvalue weighted by Crippen LogP contribution is -2.38. The van der Waals surface area contributed by atoms with E-state index in [-0.39, 0.29) is 5.91 Å². The zero-order chi connectivity index (χ0) is 13.3. The van der Waals surface area contributed by atoms with E-state index in [2.05, 4.69) is 15.5 Å². The van der Waals surface area contributed by atoms with E-state index in [4.69, 9.17) is 0 Å². The molecular formula is C14H27N3OS. The number of rotatable bonds is 6. The Morgan fingerprint density at radius 1 is 1.21 bits per heavy atom. The molecule has 110 valence electrons. The average molecular weight is 285 g/mol. The van der Waals surface area contributed by atoms with Crippen LogP contribution < -0.4 is 10.6 Å². The van der Waals surface area contributed by atoms with Gasteiger partial charge in [0, 0.05) is 18.3 Å². The quantitative estimate of drug-likeness (QED) is 0.766. The molecule has 1 amide bonds. The molecule has 5 heteroatoms. The topological polar surface area (TPSA) is 44.4 Å². The van der Waals surface area contributed by atoms with Crippen LogP contribution in [0, 0.1) is 0 Å². The molecular weight excluding hydrogens is 258 g/mol. The highest BCUT2D eigenvalue weighted by Crippen LogP contribution is 2.19. The Balaban J connectivity index is 1.49. The van der Waals surface area contributed by atoms with Crippen LogP contribution >= 0.6 is 11.8 Å². The van der Waals surface area contributed by atoms with E-state index >= 15 is 0 Å². The van der Waals surface area contributed by atoms with Crippen molar-refractivity contribution in [1.29, 1.82) is 0 Å². The Hall–Kier alpha value is -0.260. The van der Waals surface area contributed by atoms with Crippen LogP contribution in [-0.2, 0) is 4.79 Å². The fourth-order valence-electron chi connectivity index (χ4n) is 2.74. The number of carbonyl (C=O) groups excluding carboxylic acids is 1. The van der Waals surface area contributed by atoms with Crippen LogP contribution in [-0.4, -0.2) is 61.1 Å². The van der Waals surface area contributed by atoms with Crippen molar-refractivity contribution in [3.8, 4) is 0 Å². The Labute approximate surface area is 121 Å². The normalized spacial score (nSPS) is 22.3. The minimum Gasteiger partial charge on any atom is -0.354 e. The van der Waals surface area contributed by atoms with Crippen LogP contribution in [0.1, 0.15) is 32.1 Å². The molecule has 2 heterocycles. The molecule has 0 aliphatic carbocycles. The predicted octanol–water partition coefficient (Wildman–Crippen LogP) is 1.07. The molecule has 0 aromatic rings. The second-order valence-electron chi connectivity index (χ2n) is 5.51. The molecule has 2 N–H and O–H groups in total. The van der Waals surface area contributed by atoms with Gasteiger partial charge in [0.2, 0.25) is 5.91 Å². The van der Waals surface area contributed by atoms with Crippen molar-refractivity contribution >= 4 is 17.7 Å².